The Labute approximate surface area is 177 Å². The Morgan fingerprint density at radius 2 is 1.60 bits per heavy atom. The van der Waals surface area contributed by atoms with Crippen LogP contribution >= 0.6 is 0 Å². The van der Waals surface area contributed by atoms with E-state index in [9.17, 15) is 4.79 Å². The average Bonchev–Trinajstić information content (AvgIpc) is 2.74. The first kappa shape index (κ1) is 23.1. The molecule has 2 aromatic rings. The van der Waals surface area contributed by atoms with E-state index in [-0.39, 0.29) is 18.8 Å². The lowest BCUT2D eigenvalue weighted by Crippen LogP contribution is -2.28. The van der Waals surface area contributed by atoms with E-state index in [1.807, 2.05) is 30.4 Å². The summed E-state index contributed by atoms with van der Waals surface area (Å²) in [5.74, 6) is 0.199. The Hall–Kier alpha value is -3.21. The number of carbonyl (C=O) groups is 1. The van der Waals surface area contributed by atoms with Crippen LogP contribution in [0.1, 0.15) is 22.3 Å². The molecule has 0 heterocycles. The number of hydrogen-bond acceptors (Lipinski definition) is 6. The van der Waals surface area contributed by atoms with Crippen LogP contribution in [0.2, 0.25) is 0 Å². The molecule has 0 fully saturated rings. The third-order valence-corrected chi connectivity index (χ3v) is 4.20. The van der Waals surface area contributed by atoms with Crippen molar-refractivity contribution in [2.75, 3.05) is 33.9 Å². The summed E-state index contributed by atoms with van der Waals surface area (Å²) in [4.78, 5) is 22.8. The zero-order chi connectivity index (χ0) is 21.8. The molecule has 7 nitrogen and oxygen atoms in total. The molecular formula is C23H27NO6. The second-order valence-electron chi connectivity index (χ2n) is 6.92. The minimum absolute atomic E-state index is 0.108. The summed E-state index contributed by atoms with van der Waals surface area (Å²) < 4.78 is 11.4. The Balaban J connectivity index is 1.83. The summed E-state index contributed by atoms with van der Waals surface area (Å²) in [5, 5.41) is 8.94. The Morgan fingerprint density at radius 1 is 1.03 bits per heavy atom. The molecule has 160 valence electrons. The number of rotatable bonds is 13. The Bertz CT molecular complexity index is 811. The van der Waals surface area contributed by atoms with Gasteiger partial charge in [-0.15, -0.1) is 0 Å². The van der Waals surface area contributed by atoms with Crippen molar-refractivity contribution in [3.05, 3.63) is 59.7 Å². The first-order valence-electron chi connectivity index (χ1n) is 9.58. The van der Waals surface area contributed by atoms with E-state index < -0.39 is 12.1 Å². The molecule has 0 aliphatic rings. The molecule has 0 aliphatic heterocycles. The van der Waals surface area contributed by atoms with Crippen LogP contribution in [0, 0.1) is 12.5 Å². The topological polar surface area (TPSA) is 77.5 Å². The minimum atomic E-state index is -0.998. The van der Waals surface area contributed by atoms with Gasteiger partial charge in [-0.2, -0.15) is 4.89 Å². The predicted molar refractivity (Wildman–Crippen MR) is 112 cm³/mol. The van der Waals surface area contributed by atoms with Crippen molar-refractivity contribution in [3.63, 3.8) is 0 Å². The van der Waals surface area contributed by atoms with Crippen molar-refractivity contribution < 1.29 is 29.1 Å². The SMILES string of the molecule is C#COOC(COc1ccc(CCCN(C)C)cc1)COc1ccc(C(=O)O)cc1. The van der Waals surface area contributed by atoms with E-state index in [0.717, 1.165) is 19.4 Å². The number of carboxylic acids is 1. The van der Waals surface area contributed by atoms with Crippen LogP contribution in [-0.4, -0.2) is 55.9 Å². The van der Waals surface area contributed by atoms with Crippen molar-refractivity contribution in [2.45, 2.75) is 18.9 Å². The number of nitrogens with zero attached hydrogens (tertiary/aromatic N) is 1. The monoisotopic (exact) mass is 413 g/mol. The second-order valence-corrected chi connectivity index (χ2v) is 6.92. The standard InChI is InChI=1S/C23H27NO6/c1-4-29-30-22(17-28-21-13-9-19(10-14-21)23(25)26)16-27-20-11-7-18(8-12-20)6-5-15-24(2)3/h1,7-14,22H,5-6,15-17H2,2-3H3,(H,25,26). The Kier molecular flexibility index (Phi) is 9.52. The van der Waals surface area contributed by atoms with Crippen molar-refractivity contribution >= 4 is 5.97 Å². The van der Waals surface area contributed by atoms with Crippen molar-refractivity contribution in [3.8, 4) is 24.0 Å². The summed E-state index contributed by atoms with van der Waals surface area (Å²) >= 11 is 0. The Morgan fingerprint density at radius 3 is 2.10 bits per heavy atom. The highest BCUT2D eigenvalue weighted by Crippen LogP contribution is 2.16. The van der Waals surface area contributed by atoms with Gasteiger partial charge in [0.2, 0.25) is 0 Å². The zero-order valence-electron chi connectivity index (χ0n) is 17.2. The molecule has 1 N–H and O–H groups in total. The maximum atomic E-state index is 10.9. The third-order valence-electron chi connectivity index (χ3n) is 4.20. The summed E-state index contributed by atoms with van der Waals surface area (Å²) in [7, 11) is 4.13. The van der Waals surface area contributed by atoms with Gasteiger partial charge in [-0.25, -0.2) is 4.79 Å². The van der Waals surface area contributed by atoms with E-state index >= 15 is 0 Å². The molecule has 2 aromatic carbocycles. The lowest BCUT2D eigenvalue weighted by molar-refractivity contribution is -0.281. The molecule has 0 aromatic heterocycles. The van der Waals surface area contributed by atoms with E-state index in [2.05, 4.69) is 23.9 Å². The van der Waals surface area contributed by atoms with Crippen molar-refractivity contribution in [1.82, 2.24) is 4.90 Å². The van der Waals surface area contributed by atoms with Gasteiger partial charge >= 0.3 is 5.97 Å². The first-order valence-corrected chi connectivity index (χ1v) is 9.58. The molecule has 0 spiro atoms. The van der Waals surface area contributed by atoms with Crippen LogP contribution in [0.25, 0.3) is 0 Å². The lowest BCUT2D eigenvalue weighted by Gasteiger charge is -2.17. The van der Waals surface area contributed by atoms with Crippen molar-refractivity contribution in [2.24, 2.45) is 0 Å². The first-order chi connectivity index (χ1) is 14.5. The second kappa shape index (κ2) is 12.4. The maximum Gasteiger partial charge on any atom is 0.335 e. The quantitative estimate of drug-likeness (QED) is 0.307. The fraction of sp³-hybridized carbons (Fsp3) is 0.348. The number of benzene rings is 2. The number of aromatic carboxylic acids is 1. The molecule has 1 atom stereocenters. The van der Waals surface area contributed by atoms with Crippen LogP contribution < -0.4 is 9.47 Å². The van der Waals surface area contributed by atoms with Gasteiger partial charge in [-0.3, -0.25) is 4.89 Å². The fourth-order valence-electron chi connectivity index (χ4n) is 2.62. The number of carboxylic acid groups (broad SMARTS) is 1. The molecule has 7 heteroatoms. The van der Waals surface area contributed by atoms with Gasteiger partial charge in [-0.05, 0) is 75.4 Å². The molecule has 0 amide bonds. The molecular weight excluding hydrogens is 386 g/mol. The fourth-order valence-corrected chi connectivity index (χ4v) is 2.62. The molecule has 0 saturated carbocycles. The van der Waals surface area contributed by atoms with Gasteiger partial charge in [-0.1, -0.05) is 18.6 Å². The average molecular weight is 413 g/mol. The van der Waals surface area contributed by atoms with E-state index in [4.69, 9.17) is 25.9 Å². The van der Waals surface area contributed by atoms with Crippen LogP contribution in [0.15, 0.2) is 48.5 Å². The zero-order valence-corrected chi connectivity index (χ0v) is 17.2. The van der Waals surface area contributed by atoms with Gasteiger partial charge < -0.3 is 19.5 Å². The molecule has 0 aliphatic carbocycles. The predicted octanol–water partition coefficient (Wildman–Crippen LogP) is 3.24. The van der Waals surface area contributed by atoms with E-state index in [1.165, 1.54) is 17.7 Å². The molecule has 0 saturated heterocycles. The van der Waals surface area contributed by atoms with Crippen LogP contribution in [0.3, 0.4) is 0 Å². The molecule has 0 radical (unpaired) electrons. The van der Waals surface area contributed by atoms with Crippen LogP contribution in [0.4, 0.5) is 0 Å². The summed E-state index contributed by atoms with van der Waals surface area (Å²) in [5.41, 5.74) is 1.43. The summed E-state index contributed by atoms with van der Waals surface area (Å²) in [6, 6.07) is 14.0. The molecule has 0 bridgehead atoms. The molecule has 30 heavy (non-hydrogen) atoms. The van der Waals surface area contributed by atoms with Crippen LogP contribution in [0.5, 0.6) is 11.5 Å². The minimum Gasteiger partial charge on any atom is -0.491 e. The van der Waals surface area contributed by atoms with E-state index in [1.54, 1.807) is 12.1 Å². The maximum absolute atomic E-state index is 10.9. The smallest absolute Gasteiger partial charge is 0.335 e. The highest BCUT2D eigenvalue weighted by Gasteiger charge is 2.14. The van der Waals surface area contributed by atoms with Gasteiger partial charge in [0.15, 0.2) is 12.2 Å². The molecule has 2 rings (SSSR count). The van der Waals surface area contributed by atoms with Gasteiger partial charge in [0.25, 0.3) is 0 Å². The largest absolute Gasteiger partial charge is 0.491 e. The third kappa shape index (κ3) is 8.43. The summed E-state index contributed by atoms with van der Waals surface area (Å²) in [6.07, 6.45) is 8.54. The highest BCUT2D eigenvalue weighted by atomic mass is 17.2. The van der Waals surface area contributed by atoms with Crippen molar-refractivity contribution in [1.29, 1.82) is 0 Å². The number of ether oxygens (including phenoxy) is 2. The highest BCUT2D eigenvalue weighted by molar-refractivity contribution is 5.87. The van der Waals surface area contributed by atoms with Crippen LogP contribution in [-0.2, 0) is 16.2 Å². The lowest BCUT2D eigenvalue weighted by atomic mass is 10.1. The van der Waals surface area contributed by atoms with Gasteiger partial charge in [0.05, 0.1) is 5.56 Å². The molecule has 1 unspecified atom stereocenters. The number of terminal acetylenes is 1. The number of aryl methyl sites for hydroxylation is 1. The number of hydrogen-bond donors (Lipinski definition) is 1. The van der Waals surface area contributed by atoms with E-state index in [0.29, 0.717) is 11.5 Å². The van der Waals surface area contributed by atoms with Gasteiger partial charge in [0.1, 0.15) is 24.7 Å². The van der Waals surface area contributed by atoms with Gasteiger partial charge in [0, 0.05) is 0 Å². The summed E-state index contributed by atoms with van der Waals surface area (Å²) in [6.45, 7) is 1.32. The normalized spacial score (nSPS) is 11.5.